The van der Waals surface area contributed by atoms with E-state index in [1.54, 1.807) is 0 Å². The minimum Gasteiger partial charge on any atom is -0.494 e. The van der Waals surface area contributed by atoms with Gasteiger partial charge in [0.15, 0.2) is 0 Å². The van der Waals surface area contributed by atoms with E-state index in [9.17, 15) is 5.11 Å². The van der Waals surface area contributed by atoms with Crippen molar-refractivity contribution in [2.75, 3.05) is 6.61 Å². The van der Waals surface area contributed by atoms with E-state index in [0.717, 1.165) is 49.5 Å². The first-order valence-corrected chi connectivity index (χ1v) is 9.73. The highest BCUT2D eigenvalue weighted by Gasteiger charge is 2.10. The van der Waals surface area contributed by atoms with Crippen LogP contribution in [-0.2, 0) is 6.42 Å². The molecule has 0 aliphatic heterocycles. The lowest BCUT2D eigenvalue weighted by Crippen LogP contribution is -1.98. The number of unbranched alkanes of at least 4 members (excludes halogenated alkanes) is 4. The predicted molar refractivity (Wildman–Crippen MR) is 98.5 cm³/mol. The zero-order valence-electron chi connectivity index (χ0n) is 14.5. The molecule has 0 fully saturated rings. The molecule has 1 atom stereocenters. The number of hydrogen-bond donors (Lipinski definition) is 1. The second kappa shape index (κ2) is 11.2. The maximum Gasteiger partial charge on any atom is 0.142 e. The van der Waals surface area contributed by atoms with Gasteiger partial charge in [0.1, 0.15) is 23.2 Å². The normalized spacial score (nSPS) is 12.2. The van der Waals surface area contributed by atoms with Crippen molar-refractivity contribution in [2.24, 2.45) is 0 Å². The van der Waals surface area contributed by atoms with Crippen molar-refractivity contribution in [3.05, 3.63) is 41.2 Å². The van der Waals surface area contributed by atoms with E-state index in [0.29, 0.717) is 0 Å². The smallest absolute Gasteiger partial charge is 0.142 e. The molecule has 1 unspecified atom stereocenters. The third-order valence-electron chi connectivity index (χ3n) is 4.05. The number of nitrogens with zero attached hydrogens (tertiary/aromatic N) is 2. The third kappa shape index (κ3) is 6.97. The Morgan fingerprint density at radius 3 is 2.62 bits per heavy atom. The molecule has 1 heterocycles. The summed E-state index contributed by atoms with van der Waals surface area (Å²) >= 11 is 1.27. The number of aromatic nitrogens is 2. The molecular weight excluding hydrogens is 320 g/mol. The van der Waals surface area contributed by atoms with E-state index in [2.05, 4.69) is 40.5 Å². The van der Waals surface area contributed by atoms with E-state index in [4.69, 9.17) is 4.74 Å². The molecule has 2 rings (SSSR count). The summed E-state index contributed by atoms with van der Waals surface area (Å²) in [5.74, 6) is 0.960. The molecule has 0 aliphatic carbocycles. The number of aryl methyl sites for hydroxylation is 1. The molecule has 0 aliphatic rings. The Bertz CT molecular complexity index is 543. The molecule has 0 bridgehead atoms. The lowest BCUT2D eigenvalue weighted by atomic mass is 10.1. The fourth-order valence-electron chi connectivity index (χ4n) is 2.59. The monoisotopic (exact) mass is 348 g/mol. The molecule has 1 aromatic carbocycles. The minimum absolute atomic E-state index is 0.471. The molecule has 2 aromatic rings. The summed E-state index contributed by atoms with van der Waals surface area (Å²) in [7, 11) is 0. The molecule has 1 aromatic heterocycles. The van der Waals surface area contributed by atoms with E-state index in [1.807, 2.05) is 0 Å². The van der Waals surface area contributed by atoms with Gasteiger partial charge in [-0.3, -0.25) is 0 Å². The summed E-state index contributed by atoms with van der Waals surface area (Å²) in [4.78, 5) is 4.05. The van der Waals surface area contributed by atoms with Gasteiger partial charge >= 0.3 is 0 Å². The van der Waals surface area contributed by atoms with Crippen LogP contribution < -0.4 is 4.74 Å². The van der Waals surface area contributed by atoms with Gasteiger partial charge in [0.05, 0.1) is 6.61 Å². The molecule has 0 radical (unpaired) electrons. The largest absolute Gasteiger partial charge is 0.494 e. The second-order valence-corrected chi connectivity index (χ2v) is 6.91. The van der Waals surface area contributed by atoms with Crippen molar-refractivity contribution in [3.8, 4) is 5.75 Å². The van der Waals surface area contributed by atoms with Gasteiger partial charge in [-0.2, -0.15) is 4.37 Å². The first kappa shape index (κ1) is 18.9. The van der Waals surface area contributed by atoms with Crippen LogP contribution in [-0.4, -0.2) is 21.1 Å². The number of aliphatic hydroxyl groups is 1. The van der Waals surface area contributed by atoms with Gasteiger partial charge in [0, 0.05) is 0 Å². The summed E-state index contributed by atoms with van der Waals surface area (Å²) in [6, 6.07) is 8.40. The predicted octanol–water partition coefficient (Wildman–Crippen LogP) is 4.94. The Morgan fingerprint density at radius 2 is 1.92 bits per heavy atom. The van der Waals surface area contributed by atoms with Crippen LogP contribution in [0.2, 0.25) is 0 Å². The molecule has 5 heteroatoms. The molecule has 4 nitrogen and oxygen atoms in total. The van der Waals surface area contributed by atoms with Crippen molar-refractivity contribution in [2.45, 2.75) is 64.4 Å². The van der Waals surface area contributed by atoms with Crippen LogP contribution in [0.15, 0.2) is 30.6 Å². The standard InChI is InChI=1S/C19H28N2O2S/c1-2-3-4-7-14-23-17-12-10-16(11-13-17)8-5-6-9-18(22)19-20-15-21-24-19/h10-13,15,18,22H,2-9,14H2,1H3. The van der Waals surface area contributed by atoms with Crippen LogP contribution in [0, 0.1) is 0 Å². The highest BCUT2D eigenvalue weighted by Crippen LogP contribution is 2.21. The molecule has 0 saturated carbocycles. The van der Waals surface area contributed by atoms with Gasteiger partial charge in [-0.15, -0.1) is 0 Å². The second-order valence-electron chi connectivity index (χ2n) is 6.09. The fraction of sp³-hybridized carbons (Fsp3) is 0.579. The Kier molecular flexibility index (Phi) is 8.77. The Hall–Kier alpha value is -1.46. The van der Waals surface area contributed by atoms with E-state index >= 15 is 0 Å². The number of rotatable bonds is 12. The van der Waals surface area contributed by atoms with Crippen LogP contribution in [0.3, 0.4) is 0 Å². The lowest BCUT2D eigenvalue weighted by molar-refractivity contribution is 0.163. The quantitative estimate of drug-likeness (QED) is 0.552. The molecule has 0 spiro atoms. The van der Waals surface area contributed by atoms with Gasteiger partial charge in [-0.1, -0.05) is 44.7 Å². The topological polar surface area (TPSA) is 55.2 Å². The van der Waals surface area contributed by atoms with E-state index < -0.39 is 6.10 Å². The number of hydrogen-bond acceptors (Lipinski definition) is 5. The fourth-order valence-corrected chi connectivity index (χ4v) is 3.13. The Balaban J connectivity index is 1.59. The average molecular weight is 349 g/mol. The molecule has 1 N–H and O–H groups in total. The van der Waals surface area contributed by atoms with Crippen molar-refractivity contribution >= 4 is 11.5 Å². The van der Waals surface area contributed by atoms with Crippen LogP contribution in [0.1, 0.15) is 68.5 Å². The van der Waals surface area contributed by atoms with Crippen molar-refractivity contribution in [1.29, 1.82) is 0 Å². The Labute approximate surface area is 149 Å². The SMILES string of the molecule is CCCCCCOc1ccc(CCCCC(O)c2ncns2)cc1. The summed E-state index contributed by atoms with van der Waals surface area (Å²) in [6.07, 6.45) is 9.77. The van der Waals surface area contributed by atoms with Gasteiger partial charge in [-0.25, -0.2) is 4.98 Å². The summed E-state index contributed by atoms with van der Waals surface area (Å²) in [5.41, 5.74) is 1.32. The number of aliphatic hydroxyl groups excluding tert-OH is 1. The van der Waals surface area contributed by atoms with Crippen LogP contribution in [0.4, 0.5) is 0 Å². The zero-order valence-corrected chi connectivity index (χ0v) is 15.3. The van der Waals surface area contributed by atoms with Crippen molar-refractivity contribution < 1.29 is 9.84 Å². The maximum absolute atomic E-state index is 9.97. The molecule has 0 amide bonds. The molecule has 0 saturated heterocycles. The number of benzene rings is 1. The highest BCUT2D eigenvalue weighted by atomic mass is 32.1. The minimum atomic E-state index is -0.471. The van der Waals surface area contributed by atoms with Gasteiger partial charge < -0.3 is 9.84 Å². The summed E-state index contributed by atoms with van der Waals surface area (Å²) in [6.45, 7) is 3.03. The maximum atomic E-state index is 9.97. The van der Waals surface area contributed by atoms with Gasteiger partial charge in [0.25, 0.3) is 0 Å². The van der Waals surface area contributed by atoms with Crippen LogP contribution >= 0.6 is 11.5 Å². The summed E-state index contributed by atoms with van der Waals surface area (Å²) < 4.78 is 9.68. The first-order valence-electron chi connectivity index (χ1n) is 8.96. The van der Waals surface area contributed by atoms with E-state index in [-0.39, 0.29) is 0 Å². The van der Waals surface area contributed by atoms with Crippen LogP contribution in [0.5, 0.6) is 5.75 Å². The highest BCUT2D eigenvalue weighted by molar-refractivity contribution is 7.05. The van der Waals surface area contributed by atoms with Crippen LogP contribution in [0.25, 0.3) is 0 Å². The lowest BCUT2D eigenvalue weighted by Gasteiger charge is -2.08. The zero-order chi connectivity index (χ0) is 17.0. The van der Waals surface area contributed by atoms with Crippen molar-refractivity contribution in [1.82, 2.24) is 9.36 Å². The average Bonchev–Trinajstić information content (AvgIpc) is 3.14. The Morgan fingerprint density at radius 1 is 1.08 bits per heavy atom. The van der Waals surface area contributed by atoms with Crippen molar-refractivity contribution in [3.63, 3.8) is 0 Å². The van der Waals surface area contributed by atoms with Gasteiger partial charge in [0.2, 0.25) is 0 Å². The third-order valence-corrected chi connectivity index (χ3v) is 4.81. The van der Waals surface area contributed by atoms with Gasteiger partial charge in [-0.05, 0) is 54.9 Å². The first-order chi connectivity index (χ1) is 11.8. The molecule has 24 heavy (non-hydrogen) atoms. The molecule has 132 valence electrons. The summed E-state index contributed by atoms with van der Waals surface area (Å²) in [5, 5.41) is 10.7. The van der Waals surface area contributed by atoms with E-state index in [1.165, 1.54) is 42.7 Å². The number of ether oxygens (including phenoxy) is 1. The molecular formula is C19H28N2O2S.